The summed E-state index contributed by atoms with van der Waals surface area (Å²) in [6, 6.07) is 15.3. The maximum atomic E-state index is 12.3. The van der Waals surface area contributed by atoms with Crippen LogP contribution in [0.5, 0.6) is 0 Å². The molecule has 3 aromatic heterocycles. The predicted octanol–water partition coefficient (Wildman–Crippen LogP) is 5.00. The summed E-state index contributed by atoms with van der Waals surface area (Å²) in [4.78, 5) is 25.7. The second-order valence-corrected chi connectivity index (χ2v) is 7.81. The number of pyridine rings is 2. The van der Waals surface area contributed by atoms with Gasteiger partial charge in [0, 0.05) is 23.5 Å². The van der Waals surface area contributed by atoms with Gasteiger partial charge in [-0.3, -0.25) is 19.3 Å². The number of carbonyl (C=O) groups is 1. The number of fused-ring (bicyclic) bond motifs is 2. The van der Waals surface area contributed by atoms with Gasteiger partial charge in [0.15, 0.2) is 0 Å². The average molecular weight is 428 g/mol. The number of hydrogen-bond acceptors (Lipinski definition) is 4. The normalized spacial score (nSPS) is 11.3. The summed E-state index contributed by atoms with van der Waals surface area (Å²) in [5, 5.41) is 1.47. The molecule has 152 valence electrons. The highest BCUT2D eigenvalue weighted by Gasteiger charge is 2.19. The minimum absolute atomic E-state index is 0.375. The van der Waals surface area contributed by atoms with Crippen LogP contribution in [0.15, 0.2) is 60.9 Å². The van der Waals surface area contributed by atoms with Crippen LogP contribution in [0, 0.1) is 13.8 Å². The Morgan fingerprint density at radius 1 is 0.968 bits per heavy atom. The van der Waals surface area contributed by atoms with E-state index < -0.39 is 5.91 Å². The molecule has 3 heterocycles. The molecule has 2 N–H and O–H groups in total. The number of amides is 1. The second kappa shape index (κ2) is 7.18. The lowest BCUT2D eigenvalue weighted by molar-refractivity contribution is 0.100. The molecule has 1 amide bonds. The van der Waals surface area contributed by atoms with E-state index in [0.29, 0.717) is 21.6 Å². The van der Waals surface area contributed by atoms with Crippen LogP contribution in [0.3, 0.4) is 0 Å². The molecular formula is C24H18ClN5O. The van der Waals surface area contributed by atoms with Gasteiger partial charge in [-0.05, 0) is 61.4 Å². The van der Waals surface area contributed by atoms with Crippen LogP contribution in [-0.2, 0) is 0 Å². The van der Waals surface area contributed by atoms with Crippen molar-refractivity contribution < 1.29 is 4.79 Å². The van der Waals surface area contributed by atoms with Gasteiger partial charge < -0.3 is 5.73 Å². The van der Waals surface area contributed by atoms with Crippen LogP contribution >= 0.6 is 11.6 Å². The number of benzene rings is 2. The smallest absolute Gasteiger partial charge is 0.250 e. The average Bonchev–Trinajstić information content (AvgIpc) is 3.08. The fourth-order valence-electron chi connectivity index (χ4n) is 4.00. The molecule has 0 aliphatic rings. The lowest BCUT2D eigenvalue weighted by atomic mass is 10.0. The van der Waals surface area contributed by atoms with Gasteiger partial charge in [-0.15, -0.1) is 0 Å². The van der Waals surface area contributed by atoms with Gasteiger partial charge in [-0.25, -0.2) is 4.98 Å². The Hall–Kier alpha value is -3.77. The van der Waals surface area contributed by atoms with Crippen LogP contribution in [-0.4, -0.2) is 25.4 Å². The number of nitrogens with two attached hydrogens (primary N) is 1. The standard InChI is InChI=1S/C24H18ClN5O/c1-13-10-15(6-8-27-13)16-11-18(24(26)31)23-21(12-16)30(14(2)29-23)20-7-9-28-22-17(20)4-3-5-19(22)25/h3-12H,1-2H3,(H2,26,31). The van der Waals surface area contributed by atoms with Gasteiger partial charge in [0.1, 0.15) is 11.3 Å². The molecule has 0 bridgehead atoms. The molecule has 0 unspecified atom stereocenters. The molecule has 0 saturated carbocycles. The van der Waals surface area contributed by atoms with Crippen LogP contribution in [0.25, 0.3) is 38.8 Å². The Labute approximate surface area is 183 Å². The highest BCUT2D eigenvalue weighted by Crippen LogP contribution is 2.33. The molecule has 0 saturated heterocycles. The molecule has 5 rings (SSSR count). The molecule has 0 atom stereocenters. The summed E-state index contributed by atoms with van der Waals surface area (Å²) in [5.74, 6) is 0.206. The van der Waals surface area contributed by atoms with Crippen LogP contribution in [0.1, 0.15) is 21.9 Å². The predicted molar refractivity (Wildman–Crippen MR) is 123 cm³/mol. The number of halogens is 1. The number of para-hydroxylation sites is 1. The van der Waals surface area contributed by atoms with Gasteiger partial charge in [-0.2, -0.15) is 0 Å². The molecule has 0 aliphatic heterocycles. The van der Waals surface area contributed by atoms with Crippen molar-refractivity contribution in [3.8, 4) is 16.8 Å². The molecular weight excluding hydrogens is 410 g/mol. The summed E-state index contributed by atoms with van der Waals surface area (Å²) in [7, 11) is 0. The number of primary amides is 1. The van der Waals surface area contributed by atoms with Gasteiger partial charge in [0.25, 0.3) is 5.91 Å². The molecule has 0 fully saturated rings. The van der Waals surface area contributed by atoms with Crippen molar-refractivity contribution in [1.82, 2.24) is 19.5 Å². The Morgan fingerprint density at radius 2 is 1.77 bits per heavy atom. The first-order valence-electron chi connectivity index (χ1n) is 9.73. The monoisotopic (exact) mass is 427 g/mol. The molecule has 0 radical (unpaired) electrons. The number of nitrogens with zero attached hydrogens (tertiary/aromatic N) is 4. The van der Waals surface area contributed by atoms with Crippen molar-refractivity contribution in [3.63, 3.8) is 0 Å². The maximum absolute atomic E-state index is 12.3. The Morgan fingerprint density at radius 3 is 2.55 bits per heavy atom. The lowest BCUT2D eigenvalue weighted by Gasteiger charge is -2.12. The summed E-state index contributed by atoms with van der Waals surface area (Å²) >= 11 is 6.38. The van der Waals surface area contributed by atoms with E-state index in [1.165, 1.54) is 0 Å². The molecule has 7 heteroatoms. The second-order valence-electron chi connectivity index (χ2n) is 7.40. The molecule has 6 nitrogen and oxygen atoms in total. The number of aromatic nitrogens is 4. The zero-order valence-corrected chi connectivity index (χ0v) is 17.7. The van der Waals surface area contributed by atoms with Gasteiger partial charge in [0.2, 0.25) is 0 Å². The first kappa shape index (κ1) is 19.2. The SMILES string of the molecule is Cc1cc(-c2cc(C(N)=O)c3nc(C)n(-c4ccnc5c(Cl)cccc45)c3c2)ccn1. The Balaban J connectivity index is 1.88. The first-order valence-corrected chi connectivity index (χ1v) is 10.1. The topological polar surface area (TPSA) is 86.7 Å². The molecule has 2 aromatic carbocycles. The van der Waals surface area contributed by atoms with Crippen LogP contribution in [0.4, 0.5) is 0 Å². The number of aryl methyl sites for hydroxylation is 2. The third kappa shape index (κ3) is 3.12. The number of carbonyl (C=O) groups excluding carboxylic acids is 1. The number of imidazole rings is 1. The van der Waals surface area contributed by atoms with E-state index in [0.717, 1.165) is 39.2 Å². The van der Waals surface area contributed by atoms with E-state index in [4.69, 9.17) is 17.3 Å². The lowest BCUT2D eigenvalue weighted by Crippen LogP contribution is -2.12. The maximum Gasteiger partial charge on any atom is 0.250 e. The first-order chi connectivity index (χ1) is 14.9. The van der Waals surface area contributed by atoms with E-state index in [-0.39, 0.29) is 0 Å². The fourth-order valence-corrected chi connectivity index (χ4v) is 4.22. The minimum Gasteiger partial charge on any atom is -0.366 e. The van der Waals surface area contributed by atoms with Gasteiger partial charge >= 0.3 is 0 Å². The highest BCUT2D eigenvalue weighted by atomic mass is 35.5. The molecule has 31 heavy (non-hydrogen) atoms. The zero-order chi connectivity index (χ0) is 21.7. The molecule has 5 aromatic rings. The van der Waals surface area contributed by atoms with E-state index in [1.54, 1.807) is 18.5 Å². The van der Waals surface area contributed by atoms with Crippen molar-refractivity contribution >= 4 is 39.4 Å². The summed E-state index contributed by atoms with van der Waals surface area (Å²) in [6.07, 6.45) is 3.47. The fraction of sp³-hybridized carbons (Fsp3) is 0.0833. The van der Waals surface area contributed by atoms with E-state index in [2.05, 4.69) is 15.0 Å². The van der Waals surface area contributed by atoms with E-state index in [9.17, 15) is 4.79 Å². The largest absolute Gasteiger partial charge is 0.366 e. The van der Waals surface area contributed by atoms with Crippen molar-refractivity contribution in [1.29, 1.82) is 0 Å². The number of rotatable bonds is 3. The Bertz CT molecular complexity index is 1510. The van der Waals surface area contributed by atoms with Gasteiger partial charge in [0.05, 0.1) is 27.3 Å². The quantitative estimate of drug-likeness (QED) is 0.438. The molecule has 0 aliphatic carbocycles. The minimum atomic E-state index is -0.523. The number of hydrogen-bond donors (Lipinski definition) is 1. The van der Waals surface area contributed by atoms with Crippen LogP contribution in [0.2, 0.25) is 5.02 Å². The summed E-state index contributed by atoms with van der Waals surface area (Å²) in [5.41, 5.74) is 11.7. The van der Waals surface area contributed by atoms with Crippen molar-refractivity contribution in [2.75, 3.05) is 0 Å². The van der Waals surface area contributed by atoms with Crippen molar-refractivity contribution in [2.24, 2.45) is 5.73 Å². The third-order valence-corrected chi connectivity index (χ3v) is 5.67. The highest BCUT2D eigenvalue weighted by molar-refractivity contribution is 6.35. The summed E-state index contributed by atoms with van der Waals surface area (Å²) < 4.78 is 2.01. The molecule has 0 spiro atoms. The summed E-state index contributed by atoms with van der Waals surface area (Å²) in [6.45, 7) is 3.83. The van der Waals surface area contributed by atoms with Crippen LogP contribution < -0.4 is 5.73 Å². The van der Waals surface area contributed by atoms with Crippen molar-refractivity contribution in [2.45, 2.75) is 13.8 Å². The van der Waals surface area contributed by atoms with E-state index in [1.807, 2.05) is 60.9 Å². The van der Waals surface area contributed by atoms with Gasteiger partial charge in [-0.1, -0.05) is 23.7 Å². The van der Waals surface area contributed by atoms with E-state index >= 15 is 0 Å². The Kier molecular flexibility index (Phi) is 4.45. The van der Waals surface area contributed by atoms with Crippen molar-refractivity contribution in [3.05, 3.63) is 83.0 Å². The third-order valence-electron chi connectivity index (χ3n) is 5.36. The zero-order valence-electron chi connectivity index (χ0n) is 16.9.